The van der Waals surface area contributed by atoms with Crippen LogP contribution in [0.15, 0.2) is 0 Å². The van der Waals surface area contributed by atoms with Crippen molar-refractivity contribution in [2.45, 2.75) is 32.4 Å². The van der Waals surface area contributed by atoms with Gasteiger partial charge in [-0.3, -0.25) is 4.79 Å². The van der Waals surface area contributed by atoms with Gasteiger partial charge in [0.25, 0.3) is 0 Å². The molecule has 0 aromatic carbocycles. The SMILES string of the molecule is CC1OCCN(C(=O)[C@H]2CCNC2)C1C. The van der Waals surface area contributed by atoms with Crippen LogP contribution in [0.25, 0.3) is 0 Å². The van der Waals surface area contributed by atoms with E-state index in [9.17, 15) is 4.79 Å². The van der Waals surface area contributed by atoms with E-state index in [1.807, 2.05) is 11.8 Å². The predicted octanol–water partition coefficient (Wildman–Crippen LogP) is 0.232. The van der Waals surface area contributed by atoms with E-state index in [1.165, 1.54) is 0 Å². The van der Waals surface area contributed by atoms with Crippen LogP contribution in [-0.2, 0) is 9.53 Å². The largest absolute Gasteiger partial charge is 0.375 e. The molecule has 3 atom stereocenters. The second-order valence-corrected chi connectivity index (χ2v) is 4.54. The molecular formula is C11H20N2O2. The molecule has 0 spiro atoms. The van der Waals surface area contributed by atoms with Crippen molar-refractivity contribution in [2.75, 3.05) is 26.2 Å². The summed E-state index contributed by atoms with van der Waals surface area (Å²) in [6.45, 7) is 7.36. The Bertz CT molecular complexity index is 239. The van der Waals surface area contributed by atoms with Crippen molar-refractivity contribution in [3.63, 3.8) is 0 Å². The lowest BCUT2D eigenvalue weighted by molar-refractivity contribution is -0.147. The van der Waals surface area contributed by atoms with Crippen LogP contribution in [0, 0.1) is 5.92 Å². The van der Waals surface area contributed by atoms with E-state index in [2.05, 4.69) is 12.2 Å². The van der Waals surface area contributed by atoms with Crippen LogP contribution >= 0.6 is 0 Å². The number of amides is 1. The van der Waals surface area contributed by atoms with E-state index in [1.54, 1.807) is 0 Å². The first-order chi connectivity index (χ1) is 7.20. The summed E-state index contributed by atoms with van der Waals surface area (Å²) in [5, 5.41) is 3.24. The summed E-state index contributed by atoms with van der Waals surface area (Å²) < 4.78 is 5.52. The van der Waals surface area contributed by atoms with Crippen molar-refractivity contribution in [1.82, 2.24) is 10.2 Å². The lowest BCUT2D eigenvalue weighted by atomic mass is 10.0. The van der Waals surface area contributed by atoms with Gasteiger partial charge in [0.05, 0.1) is 24.7 Å². The van der Waals surface area contributed by atoms with E-state index in [0.29, 0.717) is 12.5 Å². The van der Waals surface area contributed by atoms with Crippen molar-refractivity contribution in [2.24, 2.45) is 5.92 Å². The lowest BCUT2D eigenvalue weighted by Gasteiger charge is -2.39. The monoisotopic (exact) mass is 212 g/mol. The fraction of sp³-hybridized carbons (Fsp3) is 0.909. The number of nitrogens with zero attached hydrogens (tertiary/aromatic N) is 1. The molecule has 4 nitrogen and oxygen atoms in total. The second-order valence-electron chi connectivity index (χ2n) is 4.54. The maximum atomic E-state index is 12.2. The molecule has 0 aromatic rings. The molecule has 2 aliphatic heterocycles. The Morgan fingerprint density at radius 1 is 1.47 bits per heavy atom. The number of ether oxygens (including phenoxy) is 1. The van der Waals surface area contributed by atoms with Crippen LogP contribution < -0.4 is 5.32 Å². The first-order valence-electron chi connectivity index (χ1n) is 5.83. The number of carbonyl (C=O) groups is 1. The summed E-state index contributed by atoms with van der Waals surface area (Å²) in [7, 11) is 0. The summed E-state index contributed by atoms with van der Waals surface area (Å²) in [5.41, 5.74) is 0. The molecular weight excluding hydrogens is 192 g/mol. The van der Waals surface area contributed by atoms with Gasteiger partial charge in [0.15, 0.2) is 0 Å². The average molecular weight is 212 g/mol. The van der Waals surface area contributed by atoms with Gasteiger partial charge in [-0.05, 0) is 26.8 Å². The Balaban J connectivity index is 1.98. The Kier molecular flexibility index (Phi) is 3.26. The molecule has 0 bridgehead atoms. The number of hydrogen-bond donors (Lipinski definition) is 1. The molecule has 1 N–H and O–H groups in total. The van der Waals surface area contributed by atoms with Gasteiger partial charge in [0, 0.05) is 13.1 Å². The Labute approximate surface area is 91.0 Å². The molecule has 0 aromatic heterocycles. The van der Waals surface area contributed by atoms with Crippen LogP contribution in [0.2, 0.25) is 0 Å². The standard InChI is InChI=1S/C11H20N2O2/c1-8-9(2)15-6-5-13(8)11(14)10-3-4-12-7-10/h8-10,12H,3-7H2,1-2H3/t8?,9?,10-/m0/s1. The molecule has 2 rings (SSSR count). The van der Waals surface area contributed by atoms with E-state index >= 15 is 0 Å². The fourth-order valence-electron chi connectivity index (χ4n) is 2.34. The molecule has 2 heterocycles. The minimum Gasteiger partial charge on any atom is -0.375 e. The van der Waals surface area contributed by atoms with Gasteiger partial charge < -0.3 is 15.0 Å². The molecule has 2 fully saturated rings. The van der Waals surface area contributed by atoms with Gasteiger partial charge in [-0.1, -0.05) is 0 Å². The predicted molar refractivity (Wildman–Crippen MR) is 57.6 cm³/mol. The van der Waals surface area contributed by atoms with Crippen LogP contribution in [-0.4, -0.2) is 49.2 Å². The maximum absolute atomic E-state index is 12.2. The van der Waals surface area contributed by atoms with Crippen molar-refractivity contribution in [3.05, 3.63) is 0 Å². The Morgan fingerprint density at radius 2 is 2.27 bits per heavy atom. The quantitative estimate of drug-likeness (QED) is 0.676. The molecule has 0 aliphatic carbocycles. The highest BCUT2D eigenvalue weighted by Crippen LogP contribution is 2.19. The van der Waals surface area contributed by atoms with Crippen molar-refractivity contribution >= 4 is 5.91 Å². The fourth-order valence-corrected chi connectivity index (χ4v) is 2.34. The zero-order chi connectivity index (χ0) is 10.8. The van der Waals surface area contributed by atoms with Crippen LogP contribution in [0.5, 0.6) is 0 Å². The second kappa shape index (κ2) is 4.49. The number of morpholine rings is 1. The number of carbonyl (C=O) groups excluding carboxylic acids is 1. The summed E-state index contributed by atoms with van der Waals surface area (Å²) in [6.07, 6.45) is 1.15. The van der Waals surface area contributed by atoms with Gasteiger partial charge in [0.1, 0.15) is 0 Å². The van der Waals surface area contributed by atoms with E-state index < -0.39 is 0 Å². The number of nitrogens with one attached hydrogen (secondary N) is 1. The van der Waals surface area contributed by atoms with E-state index in [-0.39, 0.29) is 18.1 Å². The molecule has 15 heavy (non-hydrogen) atoms. The van der Waals surface area contributed by atoms with Crippen molar-refractivity contribution < 1.29 is 9.53 Å². The van der Waals surface area contributed by atoms with Crippen LogP contribution in [0.3, 0.4) is 0 Å². The maximum Gasteiger partial charge on any atom is 0.227 e. The molecule has 0 radical (unpaired) electrons. The first-order valence-corrected chi connectivity index (χ1v) is 5.83. The molecule has 1 amide bonds. The summed E-state index contributed by atoms with van der Waals surface area (Å²) >= 11 is 0. The highest BCUT2D eigenvalue weighted by Gasteiger charge is 2.34. The van der Waals surface area contributed by atoms with Crippen molar-refractivity contribution in [3.8, 4) is 0 Å². The van der Waals surface area contributed by atoms with E-state index in [4.69, 9.17) is 4.74 Å². The van der Waals surface area contributed by atoms with Gasteiger partial charge in [-0.25, -0.2) is 0 Å². The molecule has 2 saturated heterocycles. The summed E-state index contributed by atoms with van der Waals surface area (Å²) in [5.74, 6) is 0.500. The zero-order valence-corrected chi connectivity index (χ0v) is 9.53. The normalized spacial score (nSPS) is 36.9. The van der Waals surface area contributed by atoms with Crippen LogP contribution in [0.4, 0.5) is 0 Å². The first kappa shape index (κ1) is 10.9. The average Bonchev–Trinajstić information content (AvgIpc) is 2.74. The summed E-state index contributed by atoms with van der Waals surface area (Å²) in [4.78, 5) is 14.2. The van der Waals surface area contributed by atoms with Gasteiger partial charge in [-0.2, -0.15) is 0 Å². The molecule has 4 heteroatoms. The van der Waals surface area contributed by atoms with E-state index in [0.717, 1.165) is 26.1 Å². The highest BCUT2D eigenvalue weighted by molar-refractivity contribution is 5.79. The van der Waals surface area contributed by atoms with Gasteiger partial charge in [0.2, 0.25) is 5.91 Å². The smallest absolute Gasteiger partial charge is 0.227 e. The van der Waals surface area contributed by atoms with Gasteiger partial charge in [-0.15, -0.1) is 0 Å². The molecule has 86 valence electrons. The van der Waals surface area contributed by atoms with Gasteiger partial charge >= 0.3 is 0 Å². The highest BCUT2D eigenvalue weighted by atomic mass is 16.5. The minimum atomic E-state index is 0.164. The molecule has 2 unspecified atom stereocenters. The Hall–Kier alpha value is -0.610. The van der Waals surface area contributed by atoms with Crippen LogP contribution in [0.1, 0.15) is 20.3 Å². The lowest BCUT2D eigenvalue weighted by Crippen LogP contribution is -2.53. The number of hydrogen-bond acceptors (Lipinski definition) is 3. The zero-order valence-electron chi connectivity index (χ0n) is 9.53. The third kappa shape index (κ3) is 2.16. The number of rotatable bonds is 1. The topological polar surface area (TPSA) is 41.6 Å². The molecule has 2 aliphatic rings. The third-order valence-corrected chi connectivity index (χ3v) is 3.58. The Morgan fingerprint density at radius 3 is 2.93 bits per heavy atom. The third-order valence-electron chi connectivity index (χ3n) is 3.58. The van der Waals surface area contributed by atoms with Crippen molar-refractivity contribution in [1.29, 1.82) is 0 Å². The molecule has 0 saturated carbocycles. The minimum absolute atomic E-state index is 0.164. The summed E-state index contributed by atoms with van der Waals surface area (Å²) in [6, 6.07) is 0.215.